The van der Waals surface area contributed by atoms with E-state index in [9.17, 15) is 23.4 Å². The number of nitrogens with zero attached hydrogens (tertiary/aromatic N) is 3. The quantitative estimate of drug-likeness (QED) is 0.475. The number of hydrogen-bond acceptors (Lipinski definition) is 7. The zero-order valence-electron chi connectivity index (χ0n) is 16.2. The van der Waals surface area contributed by atoms with E-state index in [2.05, 4.69) is 25.6 Å². The van der Waals surface area contributed by atoms with Crippen LogP contribution in [0, 0.1) is 0 Å². The second-order valence-corrected chi connectivity index (χ2v) is 7.23. The number of phenolic OH excluding ortho intramolecular Hbond substituents is 1. The van der Waals surface area contributed by atoms with Crippen LogP contribution in [0.3, 0.4) is 0 Å². The summed E-state index contributed by atoms with van der Waals surface area (Å²) in [5.74, 6) is 0.822. The van der Waals surface area contributed by atoms with Crippen molar-refractivity contribution >= 4 is 17.3 Å². The molecule has 10 heteroatoms. The molecule has 3 aromatic rings. The molecule has 0 atom stereocenters. The van der Waals surface area contributed by atoms with Gasteiger partial charge in [-0.05, 0) is 38.1 Å². The normalized spacial score (nSPS) is 11.9. The van der Waals surface area contributed by atoms with Crippen LogP contribution in [0.1, 0.15) is 19.5 Å². The van der Waals surface area contributed by atoms with Crippen molar-refractivity contribution in [3.8, 4) is 17.1 Å². The summed E-state index contributed by atoms with van der Waals surface area (Å²) in [6.45, 7) is 3.41. The predicted octanol–water partition coefficient (Wildman–Crippen LogP) is 4.19. The molecule has 0 spiro atoms. The highest BCUT2D eigenvalue weighted by Gasteiger charge is 2.32. The first kappa shape index (κ1) is 21.3. The van der Waals surface area contributed by atoms with Gasteiger partial charge in [-0.25, -0.2) is 9.97 Å². The van der Waals surface area contributed by atoms with Crippen LogP contribution >= 0.6 is 0 Å². The molecule has 2 heterocycles. The van der Waals surface area contributed by atoms with Gasteiger partial charge in [0.25, 0.3) is 0 Å². The van der Waals surface area contributed by atoms with Crippen molar-refractivity contribution in [2.45, 2.75) is 25.6 Å². The number of rotatable bonds is 6. The van der Waals surface area contributed by atoms with Crippen molar-refractivity contribution in [2.75, 3.05) is 17.2 Å². The number of aliphatic hydroxyl groups is 1. The average Bonchev–Trinajstić information content (AvgIpc) is 2.65. The van der Waals surface area contributed by atoms with E-state index in [1.165, 1.54) is 24.3 Å². The zero-order chi connectivity index (χ0) is 21.9. The number of benzene rings is 1. The number of pyridine rings is 1. The zero-order valence-corrected chi connectivity index (χ0v) is 16.2. The molecule has 7 nitrogen and oxygen atoms in total. The fourth-order valence-corrected chi connectivity index (χ4v) is 2.49. The molecule has 1 aromatic carbocycles. The topological polar surface area (TPSA) is 103 Å². The van der Waals surface area contributed by atoms with Crippen LogP contribution in [0.25, 0.3) is 11.4 Å². The minimum Gasteiger partial charge on any atom is -0.508 e. The van der Waals surface area contributed by atoms with Crippen LogP contribution in [0.2, 0.25) is 0 Å². The number of hydrogen-bond donors (Lipinski definition) is 4. The molecule has 3 rings (SSSR count). The van der Waals surface area contributed by atoms with Crippen molar-refractivity contribution in [3.63, 3.8) is 0 Å². The van der Waals surface area contributed by atoms with E-state index in [-0.39, 0.29) is 29.6 Å². The smallest absolute Gasteiger partial charge is 0.433 e. The fourth-order valence-electron chi connectivity index (χ4n) is 2.49. The number of nitrogens with one attached hydrogen (secondary N) is 2. The molecule has 0 fully saturated rings. The molecule has 158 valence electrons. The average molecular weight is 419 g/mol. The summed E-state index contributed by atoms with van der Waals surface area (Å²) in [5.41, 5.74) is -1.40. The van der Waals surface area contributed by atoms with Gasteiger partial charge in [0.15, 0.2) is 5.82 Å². The van der Waals surface area contributed by atoms with E-state index in [0.29, 0.717) is 11.4 Å². The molecule has 30 heavy (non-hydrogen) atoms. The van der Waals surface area contributed by atoms with Gasteiger partial charge in [-0.2, -0.15) is 13.2 Å². The summed E-state index contributed by atoms with van der Waals surface area (Å²) in [4.78, 5) is 12.0. The Hall–Kier alpha value is -3.40. The van der Waals surface area contributed by atoms with Crippen molar-refractivity contribution in [1.29, 1.82) is 0 Å². The molecule has 0 aliphatic heterocycles. The maximum absolute atomic E-state index is 12.9. The molecule has 2 aromatic heterocycles. The Morgan fingerprint density at radius 1 is 1.00 bits per heavy atom. The maximum Gasteiger partial charge on any atom is 0.433 e. The summed E-state index contributed by atoms with van der Waals surface area (Å²) in [6, 6.07) is 10.0. The molecule has 0 saturated carbocycles. The number of aromatic nitrogens is 3. The van der Waals surface area contributed by atoms with Gasteiger partial charge in [-0.15, -0.1) is 0 Å². The molecule has 0 aliphatic carbocycles. The second kappa shape index (κ2) is 8.15. The summed E-state index contributed by atoms with van der Waals surface area (Å²) < 4.78 is 38.8. The minimum atomic E-state index is -4.57. The third-order valence-electron chi connectivity index (χ3n) is 3.86. The maximum atomic E-state index is 12.9. The van der Waals surface area contributed by atoms with Gasteiger partial charge >= 0.3 is 6.18 Å². The first-order chi connectivity index (χ1) is 14.0. The van der Waals surface area contributed by atoms with Crippen molar-refractivity contribution in [2.24, 2.45) is 0 Å². The van der Waals surface area contributed by atoms with E-state index in [1.807, 2.05) is 0 Å². The lowest BCUT2D eigenvalue weighted by Crippen LogP contribution is -2.29. The Bertz CT molecular complexity index is 1040. The van der Waals surface area contributed by atoms with E-state index >= 15 is 0 Å². The Labute approximate surface area is 170 Å². The molecular formula is C20H20F3N5O2. The molecular weight excluding hydrogens is 399 g/mol. The highest BCUT2D eigenvalue weighted by molar-refractivity contribution is 5.66. The first-order valence-electron chi connectivity index (χ1n) is 8.95. The number of aromatic hydroxyl groups is 1. The second-order valence-electron chi connectivity index (χ2n) is 7.23. The van der Waals surface area contributed by atoms with Gasteiger partial charge in [-0.3, -0.25) is 4.98 Å². The van der Waals surface area contributed by atoms with Gasteiger partial charge in [0, 0.05) is 30.1 Å². The fraction of sp³-hybridized carbons (Fsp3) is 0.250. The standard InChI is InChI=1S/C20H20F3N5O2/c1-19(2,30)11-25-16-10-17(26-13-6-7-24-15(9-13)20(21,22)23)28-18(27-16)12-4-3-5-14(29)8-12/h3-10,29-30H,11H2,1-2H3,(H2,24,25,26,27,28). The third-order valence-corrected chi connectivity index (χ3v) is 3.86. The third kappa shape index (κ3) is 5.80. The van der Waals surface area contributed by atoms with Crippen molar-refractivity contribution in [1.82, 2.24) is 15.0 Å². The molecule has 0 amide bonds. The molecule has 4 N–H and O–H groups in total. The molecule has 0 saturated heterocycles. The molecule has 0 bridgehead atoms. The number of phenols is 1. The Morgan fingerprint density at radius 3 is 2.40 bits per heavy atom. The monoisotopic (exact) mass is 419 g/mol. The van der Waals surface area contributed by atoms with Gasteiger partial charge in [0.1, 0.15) is 23.1 Å². The van der Waals surface area contributed by atoms with Gasteiger partial charge in [0.05, 0.1) is 5.60 Å². The predicted molar refractivity (Wildman–Crippen MR) is 106 cm³/mol. The first-order valence-corrected chi connectivity index (χ1v) is 8.95. The van der Waals surface area contributed by atoms with Crippen LogP contribution in [0.5, 0.6) is 5.75 Å². The highest BCUT2D eigenvalue weighted by Crippen LogP contribution is 2.30. The Morgan fingerprint density at radius 2 is 1.73 bits per heavy atom. The Kier molecular flexibility index (Phi) is 5.79. The van der Waals surface area contributed by atoms with Crippen LogP contribution in [-0.2, 0) is 6.18 Å². The summed E-state index contributed by atoms with van der Waals surface area (Å²) in [5, 5.41) is 25.5. The van der Waals surface area contributed by atoms with Gasteiger partial charge in [0.2, 0.25) is 0 Å². The van der Waals surface area contributed by atoms with Crippen LogP contribution in [-0.4, -0.2) is 37.3 Å². The van der Waals surface area contributed by atoms with Crippen LogP contribution in [0.4, 0.5) is 30.5 Å². The van der Waals surface area contributed by atoms with Crippen LogP contribution in [0.15, 0.2) is 48.7 Å². The Balaban J connectivity index is 1.97. The van der Waals surface area contributed by atoms with Crippen LogP contribution < -0.4 is 10.6 Å². The van der Waals surface area contributed by atoms with Gasteiger partial charge < -0.3 is 20.8 Å². The lowest BCUT2D eigenvalue weighted by Gasteiger charge is -2.19. The highest BCUT2D eigenvalue weighted by atomic mass is 19.4. The molecule has 0 aliphatic rings. The number of alkyl halides is 3. The summed E-state index contributed by atoms with van der Waals surface area (Å²) in [6.07, 6.45) is -3.52. The van der Waals surface area contributed by atoms with Crippen molar-refractivity contribution < 1.29 is 23.4 Å². The van der Waals surface area contributed by atoms with E-state index in [0.717, 1.165) is 12.3 Å². The number of anilines is 3. The molecule has 0 unspecified atom stereocenters. The lowest BCUT2D eigenvalue weighted by molar-refractivity contribution is -0.141. The lowest BCUT2D eigenvalue weighted by atomic mass is 10.1. The van der Waals surface area contributed by atoms with Crippen molar-refractivity contribution in [3.05, 3.63) is 54.4 Å². The molecule has 0 radical (unpaired) electrons. The summed E-state index contributed by atoms with van der Waals surface area (Å²) >= 11 is 0. The largest absolute Gasteiger partial charge is 0.508 e. The minimum absolute atomic E-state index is 0.0180. The van der Waals surface area contributed by atoms with Gasteiger partial charge in [-0.1, -0.05) is 12.1 Å². The van der Waals surface area contributed by atoms with E-state index in [1.54, 1.807) is 26.0 Å². The van der Waals surface area contributed by atoms with E-state index in [4.69, 9.17) is 0 Å². The summed E-state index contributed by atoms with van der Waals surface area (Å²) in [7, 11) is 0. The SMILES string of the molecule is CC(C)(O)CNc1cc(Nc2ccnc(C(F)(F)F)c2)nc(-c2cccc(O)c2)n1. The van der Waals surface area contributed by atoms with E-state index < -0.39 is 17.5 Å². The number of halogens is 3.